The molecule has 96 valence electrons. The molecule has 0 bridgehead atoms. The zero-order valence-corrected chi connectivity index (χ0v) is 11.3. The highest BCUT2D eigenvalue weighted by Crippen LogP contribution is 2.36. The summed E-state index contributed by atoms with van der Waals surface area (Å²) < 4.78 is 0. The molecule has 4 heteroatoms. The van der Waals surface area contributed by atoms with E-state index in [1.54, 1.807) is 6.20 Å². The van der Waals surface area contributed by atoms with Gasteiger partial charge in [-0.25, -0.2) is 0 Å². The Morgan fingerprint density at radius 1 is 1.28 bits per heavy atom. The maximum Gasteiger partial charge on any atom is 0.124 e. The fourth-order valence-electron chi connectivity index (χ4n) is 2.34. The number of aromatic nitrogens is 1. The van der Waals surface area contributed by atoms with Gasteiger partial charge in [0.25, 0.3) is 0 Å². The lowest BCUT2D eigenvalue weighted by molar-refractivity contribution is 0.678. The topological polar surface area (TPSA) is 42.1 Å². The van der Waals surface area contributed by atoms with Gasteiger partial charge in [0.2, 0.25) is 0 Å². The molecule has 2 aliphatic carbocycles. The predicted octanol–water partition coefficient (Wildman–Crippen LogP) is 2.34. The normalized spacial score (nSPS) is 18.7. The Balaban J connectivity index is 1.84. The third kappa shape index (κ3) is 2.80. The molecule has 0 spiro atoms. The lowest BCUT2D eigenvalue weighted by Gasteiger charge is -2.26. The Labute approximate surface area is 113 Å². The minimum atomic E-state index is 0.405. The fourth-order valence-corrected chi connectivity index (χ4v) is 2.49. The molecule has 0 aromatic carbocycles. The lowest BCUT2D eigenvalue weighted by atomic mass is 10.2. The van der Waals surface area contributed by atoms with Crippen molar-refractivity contribution in [2.75, 3.05) is 18.0 Å². The minimum Gasteiger partial charge on any atom is -0.388 e. The van der Waals surface area contributed by atoms with E-state index in [0.29, 0.717) is 4.99 Å². The van der Waals surface area contributed by atoms with Gasteiger partial charge in [-0.15, -0.1) is 0 Å². The SMILES string of the molecule is NC(=S)c1ncccc1N(CC1CC1)CC1CC1. The molecule has 1 aromatic heterocycles. The Morgan fingerprint density at radius 2 is 1.89 bits per heavy atom. The highest BCUT2D eigenvalue weighted by Gasteiger charge is 2.30. The molecule has 1 aromatic rings. The van der Waals surface area contributed by atoms with Gasteiger partial charge in [0, 0.05) is 19.3 Å². The van der Waals surface area contributed by atoms with Gasteiger partial charge in [-0.2, -0.15) is 0 Å². The third-order valence-electron chi connectivity index (χ3n) is 3.71. The second-order valence-electron chi connectivity index (χ2n) is 5.53. The minimum absolute atomic E-state index is 0.405. The number of rotatable bonds is 6. The zero-order chi connectivity index (χ0) is 12.5. The van der Waals surface area contributed by atoms with Crippen molar-refractivity contribution >= 4 is 22.9 Å². The fraction of sp³-hybridized carbons (Fsp3) is 0.571. The van der Waals surface area contributed by atoms with E-state index in [2.05, 4.69) is 16.0 Å². The predicted molar refractivity (Wildman–Crippen MR) is 77.8 cm³/mol. The molecule has 2 saturated carbocycles. The van der Waals surface area contributed by atoms with Gasteiger partial charge in [-0.1, -0.05) is 12.2 Å². The van der Waals surface area contributed by atoms with Crippen LogP contribution in [-0.4, -0.2) is 23.1 Å². The van der Waals surface area contributed by atoms with E-state index < -0.39 is 0 Å². The summed E-state index contributed by atoms with van der Waals surface area (Å²) in [6, 6.07) is 4.08. The standard InChI is InChI=1S/C14H19N3S/c15-14(18)13-12(2-1-7-16-13)17(8-10-3-4-10)9-11-5-6-11/h1-2,7,10-11H,3-6,8-9H2,(H2,15,18). The molecule has 2 N–H and O–H groups in total. The molecule has 0 aliphatic heterocycles. The zero-order valence-electron chi connectivity index (χ0n) is 10.5. The average molecular weight is 261 g/mol. The third-order valence-corrected chi connectivity index (χ3v) is 3.90. The second kappa shape index (κ2) is 4.84. The van der Waals surface area contributed by atoms with Gasteiger partial charge in [0.15, 0.2) is 0 Å². The molecule has 2 fully saturated rings. The van der Waals surface area contributed by atoms with Gasteiger partial charge in [-0.05, 0) is 49.7 Å². The molecule has 0 radical (unpaired) electrons. The summed E-state index contributed by atoms with van der Waals surface area (Å²) >= 11 is 5.12. The molecule has 0 unspecified atom stereocenters. The summed E-state index contributed by atoms with van der Waals surface area (Å²) in [6.45, 7) is 2.27. The van der Waals surface area contributed by atoms with Crippen LogP contribution >= 0.6 is 12.2 Å². The van der Waals surface area contributed by atoms with Gasteiger partial charge >= 0.3 is 0 Å². The van der Waals surface area contributed by atoms with E-state index in [1.165, 1.54) is 25.7 Å². The molecule has 2 aliphatic rings. The monoisotopic (exact) mass is 261 g/mol. The summed E-state index contributed by atoms with van der Waals surface area (Å²) in [6.07, 6.45) is 7.23. The Kier molecular flexibility index (Phi) is 3.20. The number of pyridine rings is 1. The summed E-state index contributed by atoms with van der Waals surface area (Å²) in [4.78, 5) is 7.21. The first-order valence-corrected chi connectivity index (χ1v) is 7.14. The summed E-state index contributed by atoms with van der Waals surface area (Å²) in [5, 5.41) is 0. The van der Waals surface area contributed by atoms with Crippen molar-refractivity contribution in [1.29, 1.82) is 0 Å². The van der Waals surface area contributed by atoms with Gasteiger partial charge in [-0.3, -0.25) is 4.98 Å². The first-order valence-electron chi connectivity index (χ1n) is 6.74. The number of hydrogen-bond donors (Lipinski definition) is 1. The summed E-state index contributed by atoms with van der Waals surface area (Å²) in [7, 11) is 0. The molecule has 0 amide bonds. The lowest BCUT2D eigenvalue weighted by Crippen LogP contribution is -2.30. The Hall–Kier alpha value is -1.16. The molecule has 0 saturated heterocycles. The van der Waals surface area contributed by atoms with Crippen LogP contribution in [0.15, 0.2) is 18.3 Å². The average Bonchev–Trinajstić information content (AvgIpc) is 3.23. The van der Waals surface area contributed by atoms with Crippen molar-refractivity contribution in [2.24, 2.45) is 17.6 Å². The van der Waals surface area contributed by atoms with Gasteiger partial charge < -0.3 is 10.6 Å². The number of nitrogens with zero attached hydrogens (tertiary/aromatic N) is 2. The highest BCUT2D eigenvalue weighted by atomic mass is 32.1. The van der Waals surface area contributed by atoms with E-state index in [0.717, 1.165) is 36.3 Å². The summed E-state index contributed by atoms with van der Waals surface area (Å²) in [5.41, 5.74) is 7.70. The van der Waals surface area contributed by atoms with Crippen LogP contribution < -0.4 is 10.6 Å². The van der Waals surface area contributed by atoms with Crippen molar-refractivity contribution in [3.8, 4) is 0 Å². The van der Waals surface area contributed by atoms with Crippen LogP contribution in [0.4, 0.5) is 5.69 Å². The van der Waals surface area contributed by atoms with Gasteiger partial charge in [0.1, 0.15) is 10.7 Å². The van der Waals surface area contributed by atoms with Crippen LogP contribution in [-0.2, 0) is 0 Å². The van der Waals surface area contributed by atoms with Crippen LogP contribution in [0.25, 0.3) is 0 Å². The largest absolute Gasteiger partial charge is 0.388 e. The number of anilines is 1. The molecule has 1 heterocycles. The van der Waals surface area contributed by atoms with Crippen LogP contribution in [0.2, 0.25) is 0 Å². The molecule has 18 heavy (non-hydrogen) atoms. The quantitative estimate of drug-likeness (QED) is 0.798. The van der Waals surface area contributed by atoms with E-state index >= 15 is 0 Å². The van der Waals surface area contributed by atoms with E-state index in [9.17, 15) is 0 Å². The summed E-state index contributed by atoms with van der Waals surface area (Å²) in [5.74, 6) is 1.73. The Bertz CT molecular complexity index is 438. The van der Waals surface area contributed by atoms with E-state index in [1.807, 2.05) is 6.07 Å². The van der Waals surface area contributed by atoms with Gasteiger partial charge in [0.05, 0.1) is 5.69 Å². The maximum absolute atomic E-state index is 5.79. The number of nitrogens with two attached hydrogens (primary N) is 1. The van der Waals surface area contributed by atoms with Crippen molar-refractivity contribution in [3.63, 3.8) is 0 Å². The van der Waals surface area contributed by atoms with Crippen molar-refractivity contribution in [3.05, 3.63) is 24.0 Å². The highest BCUT2D eigenvalue weighted by molar-refractivity contribution is 7.80. The van der Waals surface area contributed by atoms with Crippen LogP contribution in [0.5, 0.6) is 0 Å². The Morgan fingerprint density at radius 3 is 2.39 bits per heavy atom. The van der Waals surface area contributed by atoms with Crippen molar-refractivity contribution in [1.82, 2.24) is 4.98 Å². The smallest absolute Gasteiger partial charge is 0.124 e. The van der Waals surface area contributed by atoms with Crippen LogP contribution in [0, 0.1) is 11.8 Å². The molecular formula is C14H19N3S. The number of hydrogen-bond acceptors (Lipinski definition) is 3. The van der Waals surface area contributed by atoms with Crippen LogP contribution in [0.3, 0.4) is 0 Å². The van der Waals surface area contributed by atoms with Crippen LogP contribution in [0.1, 0.15) is 31.4 Å². The molecule has 3 nitrogen and oxygen atoms in total. The van der Waals surface area contributed by atoms with E-state index in [4.69, 9.17) is 18.0 Å². The number of thiocarbonyl (C=S) groups is 1. The first-order chi connectivity index (χ1) is 8.74. The van der Waals surface area contributed by atoms with Crippen molar-refractivity contribution < 1.29 is 0 Å². The molecular weight excluding hydrogens is 242 g/mol. The van der Waals surface area contributed by atoms with E-state index in [-0.39, 0.29) is 0 Å². The maximum atomic E-state index is 5.79. The molecule has 0 atom stereocenters. The first kappa shape index (κ1) is 11.9. The van der Waals surface area contributed by atoms with Crippen molar-refractivity contribution in [2.45, 2.75) is 25.7 Å². The molecule has 3 rings (SSSR count). The second-order valence-corrected chi connectivity index (χ2v) is 5.97.